The van der Waals surface area contributed by atoms with Crippen molar-refractivity contribution in [3.8, 4) is 0 Å². The van der Waals surface area contributed by atoms with Gasteiger partial charge in [0.1, 0.15) is 11.6 Å². The van der Waals surface area contributed by atoms with Gasteiger partial charge in [-0.15, -0.1) is 0 Å². The number of piperidine rings is 2. The Labute approximate surface area is 242 Å². The second-order valence-corrected chi connectivity index (χ2v) is 13.9. The second kappa shape index (κ2) is 10.7. The van der Waals surface area contributed by atoms with Crippen molar-refractivity contribution in [2.24, 2.45) is 5.41 Å². The van der Waals surface area contributed by atoms with Crippen LogP contribution in [0.2, 0.25) is 0 Å². The summed E-state index contributed by atoms with van der Waals surface area (Å²) in [5, 5.41) is 1.88. The Bertz CT molecular complexity index is 1500. The predicted molar refractivity (Wildman–Crippen MR) is 153 cm³/mol. The first-order valence-corrected chi connectivity index (χ1v) is 15.8. The first kappa shape index (κ1) is 28.8. The Morgan fingerprint density at radius 3 is 2.21 bits per heavy atom. The van der Waals surface area contributed by atoms with Crippen molar-refractivity contribution in [3.63, 3.8) is 0 Å². The highest BCUT2D eigenvalue weighted by Gasteiger charge is 2.45. The molecule has 0 atom stereocenters. The summed E-state index contributed by atoms with van der Waals surface area (Å²) < 4.78 is 81.1. The molecule has 6 rings (SSSR count). The number of sulfonamides is 1. The molecule has 42 heavy (non-hydrogen) atoms. The molecule has 8 nitrogen and oxygen atoms in total. The van der Waals surface area contributed by atoms with Gasteiger partial charge in [0, 0.05) is 39.0 Å². The van der Waals surface area contributed by atoms with E-state index in [1.807, 2.05) is 0 Å². The van der Waals surface area contributed by atoms with Crippen molar-refractivity contribution in [3.05, 3.63) is 53.6 Å². The average Bonchev–Trinajstić information content (AvgIpc) is 3.66. The van der Waals surface area contributed by atoms with Crippen LogP contribution in [-0.2, 0) is 10.0 Å². The van der Waals surface area contributed by atoms with E-state index in [1.165, 1.54) is 18.9 Å². The highest BCUT2D eigenvalue weighted by Crippen LogP contribution is 2.54. The number of pyridine rings is 1. The summed E-state index contributed by atoms with van der Waals surface area (Å²) in [6.07, 6.45) is 1.61. The van der Waals surface area contributed by atoms with Crippen LogP contribution in [-0.4, -0.2) is 56.7 Å². The van der Waals surface area contributed by atoms with Crippen molar-refractivity contribution < 1.29 is 30.8 Å². The minimum absolute atomic E-state index is 0.142. The Morgan fingerprint density at radius 1 is 0.905 bits per heavy atom. The zero-order chi connectivity index (χ0) is 29.7. The molecule has 2 aliphatic carbocycles. The zero-order valence-electron chi connectivity index (χ0n) is 23.0. The van der Waals surface area contributed by atoms with Crippen LogP contribution in [0.4, 0.5) is 40.6 Å². The van der Waals surface area contributed by atoms with Gasteiger partial charge in [-0.05, 0) is 79.8 Å². The van der Waals surface area contributed by atoms with E-state index in [-0.39, 0.29) is 55.9 Å². The molecule has 0 bridgehead atoms. The number of carbonyl (C=O) groups excluding carboxylic acids is 1. The first-order chi connectivity index (χ1) is 19.9. The number of aromatic nitrogens is 1. The minimum Gasteiger partial charge on any atom is -0.371 e. The van der Waals surface area contributed by atoms with Crippen LogP contribution in [0, 0.1) is 5.41 Å². The van der Waals surface area contributed by atoms with E-state index in [4.69, 9.17) is 0 Å². The van der Waals surface area contributed by atoms with E-state index in [0.29, 0.717) is 22.5 Å². The average molecular weight is 608 g/mol. The third kappa shape index (κ3) is 6.06. The Morgan fingerprint density at radius 2 is 1.57 bits per heavy atom. The van der Waals surface area contributed by atoms with Gasteiger partial charge < -0.3 is 15.1 Å². The number of hydrogen-bond acceptors (Lipinski definition) is 6. The molecule has 2 aromatic rings. The van der Waals surface area contributed by atoms with Crippen LogP contribution in [0.25, 0.3) is 0 Å². The first-order valence-electron chi connectivity index (χ1n) is 14.3. The molecule has 3 heterocycles. The molecule has 0 radical (unpaired) electrons. The van der Waals surface area contributed by atoms with Crippen LogP contribution in [0.15, 0.2) is 48.1 Å². The SMILES string of the molecule is O=C(Nc1cccc(N2CCC(F)(F)CC2)n1)c1ccc(NS(=O)(=O)C2CC(=C(F)F)C2)cc1N1CCC2(CC1)CC2. The lowest BCUT2D eigenvalue weighted by atomic mass is 9.93. The standard InChI is InChI=1S/C29H33F4N5O3S/c30-26(31)19-16-21(17-19)42(40,41)36-20-4-5-22(23(18-20)37-12-8-28(6-7-28)9-13-37)27(39)35-24-2-1-3-25(34-24)38-14-10-29(32,33)11-15-38/h1-5,18,21,36H,6-17H2,(H,34,35,39). The molecule has 226 valence electrons. The van der Waals surface area contributed by atoms with Gasteiger partial charge >= 0.3 is 0 Å². The van der Waals surface area contributed by atoms with Gasteiger partial charge in [-0.3, -0.25) is 9.52 Å². The number of halogens is 4. The smallest absolute Gasteiger partial charge is 0.269 e. The van der Waals surface area contributed by atoms with Crippen LogP contribution in [0.1, 0.15) is 61.7 Å². The lowest BCUT2D eigenvalue weighted by molar-refractivity contribution is -0.0221. The van der Waals surface area contributed by atoms with Crippen LogP contribution < -0.4 is 19.8 Å². The highest BCUT2D eigenvalue weighted by molar-refractivity contribution is 7.93. The summed E-state index contributed by atoms with van der Waals surface area (Å²) in [4.78, 5) is 21.9. The number of hydrogen-bond donors (Lipinski definition) is 2. The fraction of sp³-hybridized carbons (Fsp3) is 0.517. The normalized spacial score (nSPS) is 22.9. The van der Waals surface area contributed by atoms with E-state index in [2.05, 4.69) is 19.9 Å². The summed E-state index contributed by atoms with van der Waals surface area (Å²) in [7, 11) is -3.90. The van der Waals surface area contributed by atoms with Gasteiger partial charge in [-0.1, -0.05) is 6.07 Å². The fourth-order valence-corrected chi connectivity index (χ4v) is 7.44. The second-order valence-electron chi connectivity index (χ2n) is 11.9. The summed E-state index contributed by atoms with van der Waals surface area (Å²) in [5.41, 5.74) is 1.40. The van der Waals surface area contributed by atoms with Gasteiger partial charge in [0.25, 0.3) is 17.9 Å². The predicted octanol–water partition coefficient (Wildman–Crippen LogP) is 6.00. The lowest BCUT2D eigenvalue weighted by Crippen LogP contribution is -2.39. The molecule has 0 unspecified atom stereocenters. The molecule has 2 saturated heterocycles. The fourth-order valence-electron chi connectivity index (χ4n) is 5.97. The zero-order valence-corrected chi connectivity index (χ0v) is 23.8. The number of nitrogens with zero attached hydrogens (tertiary/aromatic N) is 3. The molecule has 1 spiro atoms. The highest BCUT2D eigenvalue weighted by atomic mass is 32.2. The van der Waals surface area contributed by atoms with E-state index >= 15 is 0 Å². The molecule has 2 N–H and O–H groups in total. The van der Waals surface area contributed by atoms with E-state index in [1.54, 1.807) is 35.2 Å². The monoisotopic (exact) mass is 607 g/mol. The largest absolute Gasteiger partial charge is 0.371 e. The molecule has 4 fully saturated rings. The third-order valence-electron chi connectivity index (χ3n) is 9.07. The maximum absolute atomic E-state index is 13.6. The molecule has 4 aliphatic rings. The van der Waals surface area contributed by atoms with Crippen molar-refractivity contribution in [1.29, 1.82) is 0 Å². The number of alkyl halides is 2. The maximum Gasteiger partial charge on any atom is 0.269 e. The molecule has 13 heteroatoms. The number of carbonyl (C=O) groups is 1. The van der Waals surface area contributed by atoms with Gasteiger partial charge in [-0.2, -0.15) is 8.78 Å². The molecular formula is C29H33F4N5O3S. The number of benzene rings is 1. The van der Waals surface area contributed by atoms with E-state index in [0.717, 1.165) is 25.9 Å². The number of allylic oxidation sites excluding steroid dienone is 1. The summed E-state index contributed by atoms with van der Waals surface area (Å²) in [6, 6.07) is 9.72. The van der Waals surface area contributed by atoms with Gasteiger partial charge in [-0.25, -0.2) is 22.2 Å². The van der Waals surface area contributed by atoms with Gasteiger partial charge in [0.05, 0.1) is 22.2 Å². The van der Waals surface area contributed by atoms with Crippen molar-refractivity contribution in [1.82, 2.24) is 4.98 Å². The Balaban J connectivity index is 1.21. The molecule has 1 aromatic carbocycles. The van der Waals surface area contributed by atoms with Crippen molar-refractivity contribution in [2.75, 3.05) is 46.0 Å². The van der Waals surface area contributed by atoms with Gasteiger partial charge in [0.2, 0.25) is 10.0 Å². The van der Waals surface area contributed by atoms with Crippen LogP contribution >= 0.6 is 0 Å². The van der Waals surface area contributed by atoms with E-state index < -0.39 is 33.2 Å². The third-order valence-corrected chi connectivity index (χ3v) is 10.8. The lowest BCUT2D eigenvalue weighted by Gasteiger charge is -2.35. The molecule has 2 aliphatic heterocycles. The molecule has 1 amide bonds. The summed E-state index contributed by atoms with van der Waals surface area (Å²) in [5.74, 6) is -2.35. The Kier molecular flexibility index (Phi) is 7.35. The van der Waals surface area contributed by atoms with Gasteiger partial charge in [0.15, 0.2) is 0 Å². The van der Waals surface area contributed by atoms with Crippen molar-refractivity contribution >= 4 is 38.9 Å². The molecule has 1 aromatic heterocycles. The molecule has 2 saturated carbocycles. The quantitative estimate of drug-likeness (QED) is 0.375. The maximum atomic E-state index is 13.6. The minimum atomic E-state index is -3.90. The number of nitrogens with one attached hydrogen (secondary N) is 2. The Hall–Kier alpha value is -3.35. The number of anilines is 4. The summed E-state index contributed by atoms with van der Waals surface area (Å²) in [6.45, 7) is 1.76. The van der Waals surface area contributed by atoms with E-state index in [9.17, 15) is 30.8 Å². The number of amides is 1. The van der Waals surface area contributed by atoms with Crippen molar-refractivity contribution in [2.45, 2.75) is 62.5 Å². The topological polar surface area (TPSA) is 94.6 Å². The number of rotatable bonds is 7. The van der Waals surface area contributed by atoms with Crippen LogP contribution in [0.3, 0.4) is 0 Å². The summed E-state index contributed by atoms with van der Waals surface area (Å²) >= 11 is 0. The molecular weight excluding hydrogens is 574 g/mol. The van der Waals surface area contributed by atoms with Crippen LogP contribution in [0.5, 0.6) is 0 Å².